The van der Waals surface area contributed by atoms with Crippen LogP contribution in [0.1, 0.15) is 32.3 Å². The predicted octanol–water partition coefficient (Wildman–Crippen LogP) is 5.53. The van der Waals surface area contributed by atoms with E-state index in [9.17, 15) is 4.79 Å². The second-order valence-electron chi connectivity index (χ2n) is 6.72. The number of rotatable bonds is 8. The van der Waals surface area contributed by atoms with E-state index >= 15 is 0 Å². The summed E-state index contributed by atoms with van der Waals surface area (Å²) in [6, 6.07) is 15.5. The van der Waals surface area contributed by atoms with Gasteiger partial charge in [-0.05, 0) is 36.6 Å². The van der Waals surface area contributed by atoms with E-state index in [2.05, 4.69) is 34.7 Å². The van der Waals surface area contributed by atoms with Gasteiger partial charge in [0.1, 0.15) is 5.75 Å². The highest BCUT2D eigenvalue weighted by Crippen LogP contribution is 2.32. The SMILES string of the molecule is COc1cccc(Nc2nnc(SC(C)C(=O)Nc3ccccc3C(C)C)s2)c1. The molecule has 0 fully saturated rings. The smallest absolute Gasteiger partial charge is 0.237 e. The number of para-hydroxylation sites is 1. The average molecular weight is 429 g/mol. The van der Waals surface area contributed by atoms with Gasteiger partial charge in [0.15, 0.2) is 4.34 Å². The number of hydrogen-bond donors (Lipinski definition) is 2. The van der Waals surface area contributed by atoms with Gasteiger partial charge in [-0.3, -0.25) is 4.79 Å². The van der Waals surface area contributed by atoms with E-state index in [4.69, 9.17) is 4.74 Å². The number of methoxy groups -OCH3 is 1. The topological polar surface area (TPSA) is 76.1 Å². The lowest BCUT2D eigenvalue weighted by Crippen LogP contribution is -2.23. The van der Waals surface area contributed by atoms with Crippen molar-refractivity contribution in [3.05, 3.63) is 54.1 Å². The van der Waals surface area contributed by atoms with Gasteiger partial charge in [0.05, 0.1) is 12.4 Å². The van der Waals surface area contributed by atoms with E-state index in [0.29, 0.717) is 11.0 Å². The third kappa shape index (κ3) is 5.71. The van der Waals surface area contributed by atoms with Crippen molar-refractivity contribution in [2.75, 3.05) is 17.7 Å². The Hall–Kier alpha value is -2.58. The molecule has 0 saturated carbocycles. The lowest BCUT2D eigenvalue weighted by atomic mass is 10.0. The first-order chi connectivity index (χ1) is 14.0. The highest BCUT2D eigenvalue weighted by atomic mass is 32.2. The van der Waals surface area contributed by atoms with Crippen LogP contribution in [0.5, 0.6) is 5.75 Å². The monoisotopic (exact) mass is 428 g/mol. The molecule has 29 heavy (non-hydrogen) atoms. The van der Waals surface area contributed by atoms with Gasteiger partial charge in [-0.2, -0.15) is 0 Å². The molecule has 1 unspecified atom stereocenters. The molecule has 0 bridgehead atoms. The Balaban J connectivity index is 1.61. The van der Waals surface area contributed by atoms with E-state index in [1.54, 1.807) is 7.11 Å². The van der Waals surface area contributed by atoms with Crippen LogP contribution in [-0.2, 0) is 4.79 Å². The fourth-order valence-electron chi connectivity index (χ4n) is 2.69. The number of anilines is 3. The summed E-state index contributed by atoms with van der Waals surface area (Å²) in [6.07, 6.45) is 0. The average Bonchev–Trinajstić information content (AvgIpc) is 3.15. The summed E-state index contributed by atoms with van der Waals surface area (Å²) in [4.78, 5) is 12.7. The molecule has 6 nitrogen and oxygen atoms in total. The van der Waals surface area contributed by atoms with Gasteiger partial charge < -0.3 is 15.4 Å². The van der Waals surface area contributed by atoms with Gasteiger partial charge in [0, 0.05) is 17.4 Å². The molecule has 2 N–H and O–H groups in total. The van der Waals surface area contributed by atoms with Crippen LogP contribution in [0.25, 0.3) is 0 Å². The number of nitrogens with zero attached hydrogens (tertiary/aromatic N) is 2. The van der Waals surface area contributed by atoms with Crippen molar-refractivity contribution >= 4 is 45.5 Å². The minimum Gasteiger partial charge on any atom is -0.497 e. The summed E-state index contributed by atoms with van der Waals surface area (Å²) >= 11 is 2.80. The number of nitrogens with one attached hydrogen (secondary N) is 2. The normalized spacial score (nSPS) is 11.9. The second-order valence-corrected chi connectivity index (χ2v) is 9.29. The van der Waals surface area contributed by atoms with Crippen molar-refractivity contribution in [2.24, 2.45) is 0 Å². The summed E-state index contributed by atoms with van der Waals surface area (Å²) < 4.78 is 5.96. The first-order valence-electron chi connectivity index (χ1n) is 9.27. The third-order valence-electron chi connectivity index (χ3n) is 4.21. The third-order valence-corrected chi connectivity index (χ3v) is 6.24. The second kappa shape index (κ2) is 9.76. The van der Waals surface area contributed by atoms with Crippen molar-refractivity contribution in [3.63, 3.8) is 0 Å². The van der Waals surface area contributed by atoms with E-state index in [1.165, 1.54) is 23.1 Å². The fourth-order valence-corrected chi connectivity index (χ4v) is 4.60. The molecule has 3 rings (SSSR count). The molecule has 0 spiro atoms. The highest BCUT2D eigenvalue weighted by molar-refractivity contribution is 8.02. The number of benzene rings is 2. The molecule has 0 saturated heterocycles. The van der Waals surface area contributed by atoms with Crippen LogP contribution >= 0.6 is 23.1 Å². The molecule has 0 aliphatic heterocycles. The molecular weight excluding hydrogens is 404 g/mol. The number of carbonyl (C=O) groups excluding carboxylic acids is 1. The molecule has 2 aromatic carbocycles. The Bertz CT molecular complexity index is 975. The van der Waals surface area contributed by atoms with Gasteiger partial charge in [-0.15, -0.1) is 10.2 Å². The molecule has 3 aromatic rings. The van der Waals surface area contributed by atoms with Crippen LogP contribution in [0.4, 0.5) is 16.5 Å². The zero-order valence-corrected chi connectivity index (χ0v) is 18.4. The number of carbonyl (C=O) groups is 1. The highest BCUT2D eigenvalue weighted by Gasteiger charge is 2.19. The van der Waals surface area contributed by atoms with Gasteiger partial charge in [-0.25, -0.2) is 0 Å². The lowest BCUT2D eigenvalue weighted by Gasteiger charge is -2.15. The zero-order valence-electron chi connectivity index (χ0n) is 16.8. The Labute approximate surface area is 179 Å². The maximum atomic E-state index is 12.7. The molecule has 1 atom stereocenters. The van der Waals surface area contributed by atoms with Crippen LogP contribution in [0.2, 0.25) is 0 Å². The van der Waals surface area contributed by atoms with E-state index in [0.717, 1.165) is 27.0 Å². The molecular formula is C21H24N4O2S2. The Kier molecular flexibility index (Phi) is 7.11. The van der Waals surface area contributed by atoms with Crippen molar-refractivity contribution < 1.29 is 9.53 Å². The number of aromatic nitrogens is 2. The minimum atomic E-state index is -0.298. The molecule has 8 heteroatoms. The lowest BCUT2D eigenvalue weighted by molar-refractivity contribution is -0.115. The quantitative estimate of drug-likeness (QED) is 0.459. The Morgan fingerprint density at radius 3 is 2.66 bits per heavy atom. The molecule has 152 valence electrons. The van der Waals surface area contributed by atoms with Crippen LogP contribution in [0.15, 0.2) is 52.9 Å². The number of thioether (sulfide) groups is 1. The van der Waals surface area contributed by atoms with E-state index < -0.39 is 0 Å². The maximum Gasteiger partial charge on any atom is 0.237 e. The maximum absolute atomic E-state index is 12.7. The van der Waals surface area contributed by atoms with Gasteiger partial charge in [0.2, 0.25) is 11.0 Å². The summed E-state index contributed by atoms with van der Waals surface area (Å²) in [5, 5.41) is 15.0. The largest absolute Gasteiger partial charge is 0.497 e. The van der Waals surface area contributed by atoms with Crippen LogP contribution in [0.3, 0.4) is 0 Å². The minimum absolute atomic E-state index is 0.0550. The van der Waals surface area contributed by atoms with Crippen LogP contribution in [0, 0.1) is 0 Å². The molecule has 1 aromatic heterocycles. The summed E-state index contributed by atoms with van der Waals surface area (Å²) in [5.74, 6) is 1.05. The number of hydrogen-bond acceptors (Lipinski definition) is 7. The summed E-state index contributed by atoms with van der Waals surface area (Å²) in [6.45, 7) is 6.09. The van der Waals surface area contributed by atoms with E-state index in [1.807, 2.05) is 55.5 Å². The predicted molar refractivity (Wildman–Crippen MR) is 121 cm³/mol. The van der Waals surface area contributed by atoms with Crippen molar-refractivity contribution in [3.8, 4) is 5.75 Å². The summed E-state index contributed by atoms with van der Waals surface area (Å²) in [5.41, 5.74) is 2.85. The summed E-state index contributed by atoms with van der Waals surface area (Å²) in [7, 11) is 1.63. The zero-order chi connectivity index (χ0) is 20.8. The molecule has 1 amide bonds. The molecule has 0 aliphatic carbocycles. The first-order valence-corrected chi connectivity index (χ1v) is 11.0. The fraction of sp³-hybridized carbons (Fsp3) is 0.286. The Morgan fingerprint density at radius 1 is 1.10 bits per heavy atom. The van der Waals surface area contributed by atoms with Crippen LogP contribution < -0.4 is 15.4 Å². The number of amides is 1. The molecule has 0 aliphatic rings. The van der Waals surface area contributed by atoms with Crippen molar-refractivity contribution in [1.82, 2.24) is 10.2 Å². The molecule has 1 heterocycles. The standard InChI is InChI=1S/C21H24N4O2S2/c1-13(2)17-10-5-6-11-18(17)23-19(26)14(3)28-21-25-24-20(29-21)22-15-8-7-9-16(12-15)27-4/h5-14H,1-4H3,(H,22,24)(H,23,26). The molecule has 0 radical (unpaired) electrons. The van der Waals surface area contributed by atoms with Gasteiger partial charge in [0.25, 0.3) is 0 Å². The van der Waals surface area contributed by atoms with Gasteiger partial charge >= 0.3 is 0 Å². The number of ether oxygens (including phenoxy) is 1. The van der Waals surface area contributed by atoms with Gasteiger partial charge in [-0.1, -0.05) is 61.2 Å². The van der Waals surface area contributed by atoms with E-state index in [-0.39, 0.29) is 11.2 Å². The van der Waals surface area contributed by atoms with Crippen LogP contribution in [-0.4, -0.2) is 28.5 Å². The van der Waals surface area contributed by atoms with Crippen molar-refractivity contribution in [1.29, 1.82) is 0 Å². The van der Waals surface area contributed by atoms with Crippen molar-refractivity contribution in [2.45, 2.75) is 36.3 Å². The first kappa shape index (κ1) is 21.1. The Morgan fingerprint density at radius 2 is 1.90 bits per heavy atom.